The molecular formula is C24H24F3N7O. The first-order chi connectivity index (χ1) is 16.6. The number of nitrogens with two attached hydrogens (primary N) is 1. The molecule has 1 aliphatic heterocycles. The van der Waals surface area contributed by atoms with Crippen LogP contribution < -0.4 is 10.6 Å². The number of para-hydroxylation sites is 1. The minimum absolute atomic E-state index is 0.112. The fourth-order valence-corrected chi connectivity index (χ4v) is 4.23. The van der Waals surface area contributed by atoms with E-state index in [1.165, 1.54) is 0 Å². The Morgan fingerprint density at radius 1 is 1.00 bits per heavy atom. The van der Waals surface area contributed by atoms with E-state index in [0.29, 0.717) is 37.9 Å². The van der Waals surface area contributed by atoms with Gasteiger partial charge in [0.25, 0.3) is 0 Å². The number of anilines is 2. The Morgan fingerprint density at radius 2 is 1.74 bits per heavy atom. The highest BCUT2D eigenvalue weighted by atomic mass is 19.4. The zero-order valence-electron chi connectivity index (χ0n) is 19.3. The number of alkyl halides is 3. The molecule has 35 heavy (non-hydrogen) atoms. The number of rotatable bonds is 4. The highest BCUT2D eigenvalue weighted by Crippen LogP contribution is 2.39. The van der Waals surface area contributed by atoms with Crippen molar-refractivity contribution in [2.45, 2.75) is 25.6 Å². The predicted octanol–water partition coefficient (Wildman–Crippen LogP) is 4.11. The number of hydrogen-bond donors (Lipinski definition) is 1. The maximum absolute atomic E-state index is 13.9. The van der Waals surface area contributed by atoms with Crippen molar-refractivity contribution in [2.75, 3.05) is 36.9 Å². The third-order valence-electron chi connectivity index (χ3n) is 6.15. The van der Waals surface area contributed by atoms with Crippen LogP contribution >= 0.6 is 0 Å². The maximum atomic E-state index is 13.9. The van der Waals surface area contributed by atoms with E-state index in [-0.39, 0.29) is 17.1 Å². The van der Waals surface area contributed by atoms with Crippen LogP contribution in [0.4, 0.5) is 24.9 Å². The van der Waals surface area contributed by atoms with Gasteiger partial charge in [0.05, 0.1) is 47.4 Å². The Hall–Kier alpha value is -3.73. The molecule has 5 rings (SSSR count). The van der Waals surface area contributed by atoms with Gasteiger partial charge >= 0.3 is 6.18 Å². The molecule has 0 spiro atoms. The first-order valence-electron chi connectivity index (χ1n) is 11.1. The summed E-state index contributed by atoms with van der Waals surface area (Å²) in [7, 11) is 0. The van der Waals surface area contributed by atoms with E-state index in [4.69, 9.17) is 15.5 Å². The van der Waals surface area contributed by atoms with E-state index in [1.54, 1.807) is 12.3 Å². The quantitative estimate of drug-likeness (QED) is 0.467. The van der Waals surface area contributed by atoms with Crippen LogP contribution in [0, 0.1) is 0 Å². The van der Waals surface area contributed by atoms with E-state index < -0.39 is 17.3 Å². The fourth-order valence-electron chi connectivity index (χ4n) is 4.23. The molecule has 4 aromatic rings. The van der Waals surface area contributed by atoms with Crippen LogP contribution in [0.5, 0.6) is 0 Å². The Balaban J connectivity index is 1.71. The number of benzene rings is 1. The summed E-state index contributed by atoms with van der Waals surface area (Å²) in [4.78, 5) is 15.2. The van der Waals surface area contributed by atoms with Crippen molar-refractivity contribution in [1.29, 1.82) is 0 Å². The summed E-state index contributed by atoms with van der Waals surface area (Å²) < 4.78 is 49.1. The van der Waals surface area contributed by atoms with Gasteiger partial charge in [-0.15, -0.1) is 0 Å². The van der Waals surface area contributed by atoms with E-state index in [1.807, 2.05) is 47.7 Å². The van der Waals surface area contributed by atoms with Crippen molar-refractivity contribution < 1.29 is 17.9 Å². The van der Waals surface area contributed by atoms with Crippen LogP contribution in [0.25, 0.3) is 22.2 Å². The van der Waals surface area contributed by atoms with Gasteiger partial charge in [-0.1, -0.05) is 18.2 Å². The topological polar surface area (TPSA) is 95.0 Å². The molecule has 1 aromatic carbocycles. The first kappa shape index (κ1) is 23.0. The van der Waals surface area contributed by atoms with E-state index in [2.05, 4.69) is 15.1 Å². The van der Waals surface area contributed by atoms with Gasteiger partial charge in [-0.3, -0.25) is 4.68 Å². The lowest BCUT2D eigenvalue weighted by Crippen LogP contribution is -2.38. The van der Waals surface area contributed by atoms with Crippen LogP contribution in [-0.4, -0.2) is 51.0 Å². The third kappa shape index (κ3) is 4.27. The van der Waals surface area contributed by atoms with Gasteiger partial charge in [-0.25, -0.2) is 15.0 Å². The summed E-state index contributed by atoms with van der Waals surface area (Å²) in [6, 6.07) is 10.1. The van der Waals surface area contributed by atoms with Gasteiger partial charge in [0.2, 0.25) is 5.95 Å². The van der Waals surface area contributed by atoms with Crippen molar-refractivity contribution in [1.82, 2.24) is 24.7 Å². The second-order valence-electron chi connectivity index (χ2n) is 8.86. The number of nitrogens with zero attached hydrogens (tertiary/aromatic N) is 6. The lowest BCUT2D eigenvalue weighted by atomic mass is 9.97. The molecule has 182 valence electrons. The molecule has 1 fully saturated rings. The third-order valence-corrected chi connectivity index (χ3v) is 6.15. The summed E-state index contributed by atoms with van der Waals surface area (Å²) in [6.45, 7) is 5.86. The maximum Gasteiger partial charge on any atom is 0.417 e. The van der Waals surface area contributed by atoms with Crippen molar-refractivity contribution in [3.63, 3.8) is 0 Å². The first-order valence-corrected chi connectivity index (χ1v) is 11.1. The Bertz CT molecular complexity index is 1380. The summed E-state index contributed by atoms with van der Waals surface area (Å²) in [5.41, 5.74) is 5.24. The van der Waals surface area contributed by atoms with Gasteiger partial charge in [-0.2, -0.15) is 18.3 Å². The van der Waals surface area contributed by atoms with Crippen LogP contribution in [-0.2, 0) is 16.5 Å². The molecule has 2 N–H and O–H groups in total. The second-order valence-corrected chi connectivity index (χ2v) is 8.86. The van der Waals surface area contributed by atoms with Crippen molar-refractivity contribution in [3.8, 4) is 11.3 Å². The van der Waals surface area contributed by atoms with E-state index in [0.717, 1.165) is 23.2 Å². The van der Waals surface area contributed by atoms with Gasteiger partial charge < -0.3 is 15.4 Å². The summed E-state index contributed by atoms with van der Waals surface area (Å²) in [5.74, 6) is 0.113. The predicted molar refractivity (Wildman–Crippen MR) is 126 cm³/mol. The number of nitrogen functional groups attached to an aromatic ring is 1. The van der Waals surface area contributed by atoms with Crippen molar-refractivity contribution in [3.05, 3.63) is 60.0 Å². The average Bonchev–Trinajstić information content (AvgIpc) is 3.29. The smallest absolute Gasteiger partial charge is 0.384 e. The molecule has 3 aromatic heterocycles. The van der Waals surface area contributed by atoms with Gasteiger partial charge in [0, 0.05) is 30.2 Å². The molecule has 0 amide bonds. The van der Waals surface area contributed by atoms with Gasteiger partial charge in [0.15, 0.2) is 0 Å². The Kier molecular flexibility index (Phi) is 5.59. The standard InChI is InChI=1S/C24H24F3N7O/c1-23(2,34-19-6-4-3-5-15(19)13-30-34)20-12-18(31-22(32-20)33-7-9-35-10-8-33)16-14-29-21(28)11-17(16)24(25,26)27/h3-6,11-14H,7-10H2,1-2H3,(H2,28,29). The molecule has 0 bridgehead atoms. The molecular weight excluding hydrogens is 459 g/mol. The van der Waals surface area contributed by atoms with Crippen LogP contribution in [0.3, 0.4) is 0 Å². The minimum Gasteiger partial charge on any atom is -0.384 e. The van der Waals surface area contributed by atoms with E-state index in [9.17, 15) is 13.2 Å². The zero-order valence-corrected chi connectivity index (χ0v) is 19.3. The van der Waals surface area contributed by atoms with Crippen LogP contribution in [0.15, 0.2) is 48.8 Å². The minimum atomic E-state index is -4.63. The molecule has 0 unspecified atom stereocenters. The normalized spacial score (nSPS) is 15.1. The summed E-state index contributed by atoms with van der Waals surface area (Å²) in [5, 5.41) is 5.52. The van der Waals surface area contributed by atoms with E-state index >= 15 is 0 Å². The van der Waals surface area contributed by atoms with Gasteiger partial charge in [-0.05, 0) is 32.0 Å². The second kappa shape index (κ2) is 8.49. The number of morpholine rings is 1. The Labute approximate surface area is 199 Å². The van der Waals surface area contributed by atoms with Crippen LogP contribution in [0.1, 0.15) is 25.1 Å². The lowest BCUT2D eigenvalue weighted by Gasteiger charge is -2.30. The Morgan fingerprint density at radius 3 is 2.49 bits per heavy atom. The molecule has 1 saturated heterocycles. The number of pyridine rings is 1. The highest BCUT2D eigenvalue weighted by molar-refractivity contribution is 5.79. The number of hydrogen-bond acceptors (Lipinski definition) is 7. The fraction of sp³-hybridized carbons (Fsp3) is 0.333. The SMILES string of the molecule is CC(C)(c1cc(-c2cnc(N)cc2C(F)(F)F)nc(N2CCOCC2)n1)n1ncc2ccccc21. The van der Waals surface area contributed by atoms with Crippen LogP contribution in [0.2, 0.25) is 0 Å². The van der Waals surface area contributed by atoms with Gasteiger partial charge in [0.1, 0.15) is 5.82 Å². The number of fused-ring (bicyclic) bond motifs is 1. The van der Waals surface area contributed by atoms with Crippen molar-refractivity contribution in [2.24, 2.45) is 0 Å². The number of aromatic nitrogens is 5. The number of halogens is 3. The molecule has 0 radical (unpaired) electrons. The zero-order chi connectivity index (χ0) is 24.8. The molecule has 0 atom stereocenters. The lowest BCUT2D eigenvalue weighted by molar-refractivity contribution is -0.137. The molecule has 8 nitrogen and oxygen atoms in total. The number of ether oxygens (including phenoxy) is 1. The molecule has 11 heteroatoms. The summed E-state index contributed by atoms with van der Waals surface area (Å²) >= 11 is 0. The molecule has 0 aliphatic carbocycles. The summed E-state index contributed by atoms with van der Waals surface area (Å²) in [6.07, 6.45) is -1.76. The highest BCUT2D eigenvalue weighted by Gasteiger charge is 2.36. The molecule has 1 aliphatic rings. The monoisotopic (exact) mass is 483 g/mol. The van der Waals surface area contributed by atoms with Crippen molar-refractivity contribution >= 4 is 22.7 Å². The molecule has 0 saturated carbocycles. The average molecular weight is 483 g/mol. The molecule has 4 heterocycles. The largest absolute Gasteiger partial charge is 0.417 e.